The molecular formula is C33H37F8NO5S. The fourth-order valence-electron chi connectivity index (χ4n) is 7.07. The van der Waals surface area contributed by atoms with Crippen molar-refractivity contribution in [3.05, 3.63) is 65.0 Å². The number of alkyl halides is 7. The standard InChI is InChI=1S/C28H27F8NO3S.C5H10O2/c29-20-7-4-8-21(16-20)41(39,40)25-13-14-37(24(38)17-5-2-1-3-6-17)23(25)12-9-18-15-19(10-11-22(18)25)26(30,27(31,32)33)28(34,35)36;1-5(2,3)7-4-6/h4,7-8,10-11,15-17,23H,1-3,5-6,9,12-14H2;4H,1-3H3. The maximum Gasteiger partial charge on any atom is 0.435 e. The first-order valence-electron chi connectivity index (χ1n) is 15.5. The molecule has 48 heavy (non-hydrogen) atoms. The van der Waals surface area contributed by atoms with Crippen LogP contribution in [-0.2, 0) is 41.0 Å². The Morgan fingerprint density at radius 1 is 0.917 bits per heavy atom. The van der Waals surface area contributed by atoms with E-state index >= 15 is 0 Å². The van der Waals surface area contributed by atoms with Crippen LogP contribution >= 0.6 is 0 Å². The van der Waals surface area contributed by atoms with Gasteiger partial charge in [0.05, 0.1) is 10.9 Å². The summed E-state index contributed by atoms with van der Waals surface area (Å²) in [7, 11) is -4.57. The van der Waals surface area contributed by atoms with Gasteiger partial charge >= 0.3 is 18.0 Å². The van der Waals surface area contributed by atoms with Crippen molar-refractivity contribution in [2.24, 2.45) is 5.92 Å². The van der Waals surface area contributed by atoms with Gasteiger partial charge in [-0.3, -0.25) is 9.59 Å². The second-order valence-corrected chi connectivity index (χ2v) is 15.6. The van der Waals surface area contributed by atoms with Crippen molar-refractivity contribution >= 4 is 22.2 Å². The van der Waals surface area contributed by atoms with Gasteiger partial charge in [-0.05, 0) is 82.2 Å². The molecule has 1 saturated carbocycles. The van der Waals surface area contributed by atoms with E-state index in [4.69, 9.17) is 0 Å². The summed E-state index contributed by atoms with van der Waals surface area (Å²) in [5.41, 5.74) is -8.00. The third kappa shape index (κ3) is 6.67. The second kappa shape index (κ2) is 13.2. The lowest BCUT2D eigenvalue weighted by atomic mass is 9.76. The molecule has 3 aliphatic rings. The van der Waals surface area contributed by atoms with E-state index in [1.165, 1.54) is 11.0 Å². The number of likely N-dealkylation sites (tertiary alicyclic amines) is 1. The predicted molar refractivity (Wildman–Crippen MR) is 159 cm³/mol. The number of aryl methyl sites for hydroxylation is 1. The number of fused-ring (bicyclic) bond motifs is 3. The number of halogens is 8. The summed E-state index contributed by atoms with van der Waals surface area (Å²) >= 11 is 0. The van der Waals surface area contributed by atoms with Crippen LogP contribution in [0.5, 0.6) is 0 Å². The molecule has 0 spiro atoms. The number of amides is 1. The molecule has 1 saturated heterocycles. The Balaban J connectivity index is 0.000000671. The molecule has 15 heteroatoms. The summed E-state index contributed by atoms with van der Waals surface area (Å²) in [5, 5.41) is 0. The summed E-state index contributed by atoms with van der Waals surface area (Å²) in [6, 6.07) is 4.69. The van der Waals surface area contributed by atoms with Crippen LogP contribution in [0.4, 0.5) is 35.1 Å². The zero-order valence-corrected chi connectivity index (χ0v) is 27.4. The highest BCUT2D eigenvalue weighted by Gasteiger charge is 2.74. The molecule has 1 heterocycles. The van der Waals surface area contributed by atoms with Crippen molar-refractivity contribution < 1.29 is 57.9 Å². The Morgan fingerprint density at radius 3 is 2.06 bits per heavy atom. The van der Waals surface area contributed by atoms with Crippen LogP contribution < -0.4 is 0 Å². The highest BCUT2D eigenvalue weighted by atomic mass is 32.2. The van der Waals surface area contributed by atoms with Gasteiger partial charge in [0.2, 0.25) is 5.91 Å². The molecule has 2 aliphatic carbocycles. The van der Waals surface area contributed by atoms with Gasteiger partial charge in [-0.25, -0.2) is 17.2 Å². The number of carbonyl (C=O) groups excluding carboxylic acids is 2. The quantitative estimate of drug-likeness (QED) is 0.233. The number of carbonyl (C=O) groups is 2. The van der Waals surface area contributed by atoms with Crippen LogP contribution in [-0.4, -0.2) is 56.2 Å². The van der Waals surface area contributed by atoms with E-state index in [9.17, 15) is 53.1 Å². The third-order valence-corrected chi connectivity index (χ3v) is 11.8. The summed E-state index contributed by atoms with van der Waals surface area (Å²) in [4.78, 5) is 24.2. The minimum atomic E-state index is -6.33. The predicted octanol–water partition coefficient (Wildman–Crippen LogP) is 7.87. The molecule has 5 rings (SSSR count). The lowest BCUT2D eigenvalue weighted by Crippen LogP contribution is -2.53. The van der Waals surface area contributed by atoms with Crippen molar-refractivity contribution in [1.82, 2.24) is 4.90 Å². The van der Waals surface area contributed by atoms with Gasteiger partial charge in [0.25, 0.3) is 6.47 Å². The number of rotatable bonds is 5. The topological polar surface area (TPSA) is 80.8 Å². The summed E-state index contributed by atoms with van der Waals surface area (Å²) in [6.07, 6.45) is -9.29. The zero-order chi connectivity index (χ0) is 35.9. The van der Waals surface area contributed by atoms with Crippen LogP contribution in [0.2, 0.25) is 0 Å². The minimum Gasteiger partial charge on any atom is -0.462 e. The number of hydrogen-bond donors (Lipinski definition) is 0. The van der Waals surface area contributed by atoms with E-state index in [1.54, 1.807) is 0 Å². The average Bonchev–Trinajstić information content (AvgIpc) is 3.41. The van der Waals surface area contributed by atoms with Crippen LogP contribution in [0.25, 0.3) is 0 Å². The van der Waals surface area contributed by atoms with E-state index in [-0.39, 0.29) is 54.4 Å². The third-order valence-electron chi connectivity index (χ3n) is 9.29. The smallest absolute Gasteiger partial charge is 0.435 e. The fraction of sp³-hybridized carbons (Fsp3) is 0.576. The highest BCUT2D eigenvalue weighted by Crippen LogP contribution is 2.57. The van der Waals surface area contributed by atoms with Gasteiger partial charge in [0.1, 0.15) is 16.2 Å². The van der Waals surface area contributed by atoms with E-state index in [0.29, 0.717) is 31.4 Å². The van der Waals surface area contributed by atoms with Gasteiger partial charge in [0.15, 0.2) is 9.84 Å². The molecule has 1 amide bonds. The zero-order valence-electron chi connectivity index (χ0n) is 26.6. The Morgan fingerprint density at radius 2 is 1.54 bits per heavy atom. The first-order valence-corrected chi connectivity index (χ1v) is 17.0. The summed E-state index contributed by atoms with van der Waals surface area (Å²) in [6.45, 7) is 5.90. The van der Waals surface area contributed by atoms with Crippen LogP contribution in [0.1, 0.15) is 82.4 Å². The van der Waals surface area contributed by atoms with Crippen LogP contribution in [0.3, 0.4) is 0 Å². The lowest BCUT2D eigenvalue weighted by Gasteiger charge is -2.43. The molecule has 2 atom stereocenters. The molecule has 2 fully saturated rings. The van der Waals surface area contributed by atoms with Crippen molar-refractivity contribution in [1.29, 1.82) is 0 Å². The van der Waals surface area contributed by atoms with Crippen LogP contribution in [0.15, 0.2) is 47.4 Å². The maximum absolute atomic E-state index is 14.9. The van der Waals surface area contributed by atoms with Gasteiger partial charge < -0.3 is 9.64 Å². The first kappa shape index (κ1) is 37.6. The highest BCUT2D eigenvalue weighted by molar-refractivity contribution is 7.92. The Hall–Kier alpha value is -3.23. The van der Waals surface area contributed by atoms with Gasteiger partial charge in [0, 0.05) is 18.0 Å². The molecule has 0 radical (unpaired) electrons. The second-order valence-electron chi connectivity index (χ2n) is 13.4. The molecule has 6 nitrogen and oxygen atoms in total. The van der Waals surface area contributed by atoms with Crippen molar-refractivity contribution in [3.63, 3.8) is 0 Å². The number of nitrogens with zero attached hydrogens (tertiary/aromatic N) is 1. The molecule has 1 aliphatic heterocycles. The molecule has 2 aromatic rings. The van der Waals surface area contributed by atoms with Crippen molar-refractivity contribution in [2.45, 2.75) is 111 Å². The minimum absolute atomic E-state index is 0.0200. The van der Waals surface area contributed by atoms with Gasteiger partial charge in [-0.15, -0.1) is 0 Å². The van der Waals surface area contributed by atoms with E-state index in [2.05, 4.69) is 4.74 Å². The fourth-order valence-corrected chi connectivity index (χ4v) is 9.46. The largest absolute Gasteiger partial charge is 0.462 e. The number of sulfone groups is 1. The number of hydrogen-bond acceptors (Lipinski definition) is 5. The van der Waals surface area contributed by atoms with E-state index in [0.717, 1.165) is 43.5 Å². The van der Waals surface area contributed by atoms with E-state index < -0.39 is 54.9 Å². The monoisotopic (exact) mass is 711 g/mol. The normalized spacial score (nSPS) is 22.2. The van der Waals surface area contributed by atoms with E-state index in [1.807, 2.05) is 20.8 Å². The average molecular weight is 712 g/mol. The molecule has 266 valence electrons. The molecule has 2 aromatic carbocycles. The van der Waals surface area contributed by atoms with Gasteiger partial charge in [-0.2, -0.15) is 26.3 Å². The lowest BCUT2D eigenvalue weighted by molar-refractivity contribution is -0.348. The number of benzene rings is 2. The Kier molecular flexibility index (Phi) is 10.4. The molecule has 0 aromatic heterocycles. The molecule has 2 unspecified atom stereocenters. The maximum atomic E-state index is 14.9. The van der Waals surface area contributed by atoms with Crippen molar-refractivity contribution in [3.8, 4) is 0 Å². The van der Waals surface area contributed by atoms with Crippen molar-refractivity contribution in [2.75, 3.05) is 6.54 Å². The Bertz CT molecular complexity index is 1600. The SMILES string of the molecule is CC(C)(C)OC=O.O=C(C1CCCCC1)N1CCC2(S(=O)(=O)c3cccc(F)c3)c3ccc(C(F)(C(F)(F)F)C(F)(F)F)cc3CCC12. The van der Waals surface area contributed by atoms with Gasteiger partial charge in [-0.1, -0.05) is 43.5 Å². The first-order chi connectivity index (χ1) is 22.1. The molecule has 0 bridgehead atoms. The molecule has 0 N–H and O–H groups in total. The van der Waals surface area contributed by atoms with Crippen LogP contribution in [0, 0.1) is 11.7 Å². The summed E-state index contributed by atoms with van der Waals surface area (Å²) < 4.78 is 141. The Labute approximate surface area is 273 Å². The molecular weight excluding hydrogens is 674 g/mol. The number of ether oxygens (including phenoxy) is 1. The summed E-state index contributed by atoms with van der Waals surface area (Å²) in [5.74, 6) is -1.44.